The lowest BCUT2D eigenvalue weighted by Gasteiger charge is -2.40. The predicted molar refractivity (Wildman–Crippen MR) is 124 cm³/mol. The average molecular weight is 515 g/mol. The third kappa shape index (κ3) is 5.97. The van der Waals surface area contributed by atoms with Gasteiger partial charge in [0.2, 0.25) is 5.91 Å². The quantitative estimate of drug-likeness (QED) is 0.366. The van der Waals surface area contributed by atoms with Gasteiger partial charge in [0.25, 0.3) is 0 Å². The van der Waals surface area contributed by atoms with E-state index in [0.29, 0.717) is 25.6 Å². The highest BCUT2D eigenvalue weighted by atomic mass is 127. The number of guanidine groups is 1. The van der Waals surface area contributed by atoms with E-state index in [1.165, 1.54) is 5.56 Å². The van der Waals surface area contributed by atoms with E-state index in [-0.39, 0.29) is 48.6 Å². The number of halogens is 1. The molecule has 2 aliphatic rings. The summed E-state index contributed by atoms with van der Waals surface area (Å²) in [6, 6.07) is 8.07. The number of benzene rings is 1. The number of carbonyl (C=O) groups is 2. The molecule has 0 bridgehead atoms. The van der Waals surface area contributed by atoms with Gasteiger partial charge in [-0.25, -0.2) is 4.79 Å². The van der Waals surface area contributed by atoms with Crippen LogP contribution in [-0.2, 0) is 16.0 Å². The standard InChI is InChI=1S/C20H29N5O3.HI/c1-20(2,3)28-19(27)24-12-15(13-24)23-18(21-4)22-11-17(26)25-10-9-14-7-5-6-8-16(14)25;/h5-8,15H,9-13H2,1-4H3,(H2,21,22,23);1H. The van der Waals surface area contributed by atoms with Crippen LogP contribution >= 0.6 is 24.0 Å². The summed E-state index contributed by atoms with van der Waals surface area (Å²) >= 11 is 0. The van der Waals surface area contributed by atoms with Crippen LogP contribution in [0.1, 0.15) is 26.3 Å². The zero-order valence-corrected chi connectivity index (χ0v) is 19.7. The molecule has 1 aromatic carbocycles. The lowest BCUT2D eigenvalue weighted by molar-refractivity contribution is -0.117. The minimum Gasteiger partial charge on any atom is -0.444 e. The number of ether oxygens (including phenoxy) is 1. The first kappa shape index (κ1) is 23.2. The van der Waals surface area contributed by atoms with Gasteiger partial charge in [-0.15, -0.1) is 24.0 Å². The van der Waals surface area contributed by atoms with Crippen LogP contribution in [0.25, 0.3) is 0 Å². The van der Waals surface area contributed by atoms with Gasteiger partial charge in [0.15, 0.2) is 5.96 Å². The van der Waals surface area contributed by atoms with Crippen molar-refractivity contribution >= 4 is 47.6 Å². The smallest absolute Gasteiger partial charge is 0.410 e. The molecule has 2 N–H and O–H groups in total. The molecule has 1 saturated heterocycles. The maximum absolute atomic E-state index is 12.6. The van der Waals surface area contributed by atoms with Gasteiger partial charge in [-0.05, 0) is 38.8 Å². The van der Waals surface area contributed by atoms with Crippen LogP contribution in [0.4, 0.5) is 10.5 Å². The van der Waals surface area contributed by atoms with Crippen LogP contribution in [0.3, 0.4) is 0 Å². The maximum atomic E-state index is 12.6. The Hall–Kier alpha value is -2.04. The molecule has 8 nitrogen and oxygen atoms in total. The minimum absolute atomic E-state index is 0. The predicted octanol–water partition coefficient (Wildman–Crippen LogP) is 1.98. The number of nitrogens with zero attached hydrogens (tertiary/aromatic N) is 3. The maximum Gasteiger partial charge on any atom is 0.410 e. The number of carbonyl (C=O) groups excluding carboxylic acids is 2. The number of aliphatic imine (C=N–C) groups is 1. The summed E-state index contributed by atoms with van der Waals surface area (Å²) in [5, 5.41) is 6.31. The van der Waals surface area contributed by atoms with Crippen LogP contribution < -0.4 is 15.5 Å². The fourth-order valence-corrected chi connectivity index (χ4v) is 3.29. The van der Waals surface area contributed by atoms with E-state index in [9.17, 15) is 9.59 Å². The van der Waals surface area contributed by atoms with E-state index >= 15 is 0 Å². The first-order valence-corrected chi connectivity index (χ1v) is 9.60. The largest absolute Gasteiger partial charge is 0.444 e. The molecule has 0 atom stereocenters. The van der Waals surface area contributed by atoms with Crippen molar-refractivity contribution in [2.24, 2.45) is 4.99 Å². The first-order valence-electron chi connectivity index (χ1n) is 9.60. The fourth-order valence-electron chi connectivity index (χ4n) is 3.29. The van der Waals surface area contributed by atoms with Crippen molar-refractivity contribution in [3.8, 4) is 0 Å². The molecule has 0 unspecified atom stereocenters. The molecule has 29 heavy (non-hydrogen) atoms. The Bertz CT molecular complexity index is 772. The van der Waals surface area contributed by atoms with E-state index in [1.54, 1.807) is 11.9 Å². The zero-order chi connectivity index (χ0) is 20.3. The van der Waals surface area contributed by atoms with Gasteiger partial charge < -0.3 is 25.2 Å². The second kappa shape index (κ2) is 9.64. The lowest BCUT2D eigenvalue weighted by Crippen LogP contribution is -2.63. The van der Waals surface area contributed by atoms with Crippen molar-refractivity contribution in [2.45, 2.75) is 38.8 Å². The highest BCUT2D eigenvalue weighted by Crippen LogP contribution is 2.27. The second-order valence-corrected chi connectivity index (χ2v) is 8.08. The van der Waals surface area contributed by atoms with Crippen molar-refractivity contribution in [3.05, 3.63) is 29.8 Å². The Morgan fingerprint density at radius 2 is 1.93 bits per heavy atom. The van der Waals surface area contributed by atoms with Crippen LogP contribution in [-0.4, -0.2) is 67.7 Å². The molecule has 2 aliphatic heterocycles. The summed E-state index contributed by atoms with van der Waals surface area (Å²) in [7, 11) is 1.66. The number of nitrogens with one attached hydrogen (secondary N) is 2. The number of fused-ring (bicyclic) bond motifs is 1. The Labute approximate surface area is 189 Å². The second-order valence-electron chi connectivity index (χ2n) is 8.08. The third-order valence-corrected chi connectivity index (χ3v) is 4.69. The number of para-hydroxylation sites is 1. The Balaban J connectivity index is 0.00000300. The highest BCUT2D eigenvalue weighted by molar-refractivity contribution is 14.0. The molecule has 9 heteroatoms. The van der Waals surface area contributed by atoms with Crippen molar-refractivity contribution in [2.75, 3.05) is 38.1 Å². The van der Waals surface area contributed by atoms with Gasteiger partial charge in [0.1, 0.15) is 5.60 Å². The van der Waals surface area contributed by atoms with Gasteiger partial charge in [-0.2, -0.15) is 0 Å². The van der Waals surface area contributed by atoms with Gasteiger partial charge in [-0.3, -0.25) is 9.79 Å². The van der Waals surface area contributed by atoms with Gasteiger partial charge in [-0.1, -0.05) is 18.2 Å². The average Bonchev–Trinajstić information content (AvgIpc) is 3.02. The summed E-state index contributed by atoms with van der Waals surface area (Å²) in [5.41, 5.74) is 1.70. The molecular formula is C20H30IN5O3. The summed E-state index contributed by atoms with van der Waals surface area (Å²) in [4.78, 5) is 32.2. The van der Waals surface area contributed by atoms with Crippen molar-refractivity contribution in [1.82, 2.24) is 15.5 Å². The molecule has 2 heterocycles. The van der Waals surface area contributed by atoms with Crippen molar-refractivity contribution < 1.29 is 14.3 Å². The number of likely N-dealkylation sites (tertiary alicyclic amines) is 1. The zero-order valence-electron chi connectivity index (χ0n) is 17.4. The highest BCUT2D eigenvalue weighted by Gasteiger charge is 2.34. The molecule has 0 aliphatic carbocycles. The molecule has 3 rings (SSSR count). The van der Waals surface area contributed by atoms with E-state index < -0.39 is 5.60 Å². The van der Waals surface area contributed by atoms with Crippen LogP contribution in [0.5, 0.6) is 0 Å². The Morgan fingerprint density at radius 1 is 1.24 bits per heavy atom. The van der Waals surface area contributed by atoms with E-state index in [2.05, 4.69) is 21.7 Å². The normalized spacial score (nSPS) is 16.5. The SMILES string of the molecule is CN=C(NCC(=O)N1CCc2ccccc21)NC1CN(C(=O)OC(C)(C)C)C1.I. The molecule has 0 aromatic heterocycles. The summed E-state index contributed by atoms with van der Waals surface area (Å²) < 4.78 is 5.35. The molecule has 1 aromatic rings. The topological polar surface area (TPSA) is 86.3 Å². The number of hydrogen-bond acceptors (Lipinski definition) is 4. The Morgan fingerprint density at radius 3 is 2.59 bits per heavy atom. The van der Waals surface area contributed by atoms with E-state index in [4.69, 9.17) is 4.74 Å². The van der Waals surface area contributed by atoms with Gasteiger partial charge in [0, 0.05) is 32.4 Å². The molecule has 0 radical (unpaired) electrons. The van der Waals surface area contributed by atoms with E-state index in [0.717, 1.165) is 12.1 Å². The molecular weight excluding hydrogens is 485 g/mol. The third-order valence-electron chi connectivity index (χ3n) is 4.69. The summed E-state index contributed by atoms with van der Waals surface area (Å²) in [5.74, 6) is 0.562. The van der Waals surface area contributed by atoms with Crippen LogP contribution in [0.2, 0.25) is 0 Å². The Kier molecular flexibility index (Phi) is 7.73. The number of amides is 2. The van der Waals surface area contributed by atoms with Gasteiger partial charge in [0.05, 0.1) is 12.6 Å². The van der Waals surface area contributed by atoms with E-state index in [1.807, 2.05) is 43.9 Å². The summed E-state index contributed by atoms with van der Waals surface area (Å²) in [6.45, 7) is 7.51. The van der Waals surface area contributed by atoms with Crippen molar-refractivity contribution in [1.29, 1.82) is 0 Å². The number of anilines is 1. The molecule has 160 valence electrons. The number of rotatable bonds is 3. The number of hydrogen-bond donors (Lipinski definition) is 2. The first-order chi connectivity index (χ1) is 13.3. The molecule has 0 saturated carbocycles. The monoisotopic (exact) mass is 515 g/mol. The molecule has 1 fully saturated rings. The van der Waals surface area contributed by atoms with Crippen molar-refractivity contribution in [3.63, 3.8) is 0 Å². The molecule has 2 amide bonds. The summed E-state index contributed by atoms with van der Waals surface area (Å²) in [6.07, 6.45) is 0.577. The lowest BCUT2D eigenvalue weighted by atomic mass is 10.1. The minimum atomic E-state index is -0.498. The van der Waals surface area contributed by atoms with Crippen LogP contribution in [0.15, 0.2) is 29.3 Å². The van der Waals surface area contributed by atoms with Crippen LogP contribution in [0, 0.1) is 0 Å². The van der Waals surface area contributed by atoms with Gasteiger partial charge >= 0.3 is 6.09 Å². The fraction of sp³-hybridized carbons (Fsp3) is 0.550. The molecule has 0 spiro atoms.